The molecule has 0 fully saturated rings. The van der Waals surface area contributed by atoms with Crippen LogP contribution in [0, 0.1) is 0 Å². The molecule has 3 aromatic rings. The van der Waals surface area contributed by atoms with Crippen molar-refractivity contribution in [2.24, 2.45) is 0 Å². The predicted molar refractivity (Wildman–Crippen MR) is 146 cm³/mol. The van der Waals surface area contributed by atoms with Gasteiger partial charge in [-0.2, -0.15) is 0 Å². The topological polar surface area (TPSA) is 105 Å². The number of hydrogen-bond donors (Lipinski definition) is 1. The highest BCUT2D eigenvalue weighted by Gasteiger charge is 2.34. The summed E-state index contributed by atoms with van der Waals surface area (Å²) in [5.74, 6) is -0.0921. The van der Waals surface area contributed by atoms with Crippen LogP contribution in [0.15, 0.2) is 83.8 Å². The summed E-state index contributed by atoms with van der Waals surface area (Å²) in [6.07, 6.45) is 0.345. The zero-order chi connectivity index (χ0) is 27.7. The first kappa shape index (κ1) is 28.5. The number of nitrogens with one attached hydrogen (secondary N) is 1. The van der Waals surface area contributed by atoms with Crippen LogP contribution in [0.2, 0.25) is 0 Å². The molecule has 0 bridgehead atoms. The number of benzene rings is 3. The van der Waals surface area contributed by atoms with Crippen molar-refractivity contribution in [3.05, 3.63) is 84.4 Å². The van der Waals surface area contributed by atoms with E-state index in [1.54, 1.807) is 31.2 Å². The minimum Gasteiger partial charge on any atom is -0.497 e. The lowest BCUT2D eigenvalue weighted by molar-refractivity contribution is -0.140. The second-order valence-corrected chi connectivity index (χ2v) is 10.3. The highest BCUT2D eigenvalue weighted by molar-refractivity contribution is 7.92. The Hall–Kier alpha value is -4.05. The zero-order valence-electron chi connectivity index (χ0n) is 22.0. The molecule has 2 amide bonds. The van der Waals surface area contributed by atoms with Gasteiger partial charge in [-0.25, -0.2) is 8.42 Å². The number of anilines is 1. The molecule has 0 aliphatic heterocycles. The van der Waals surface area contributed by atoms with Crippen molar-refractivity contribution >= 4 is 27.5 Å². The maximum atomic E-state index is 13.9. The number of para-hydroxylation sites is 2. The zero-order valence-corrected chi connectivity index (χ0v) is 22.8. The maximum Gasteiger partial charge on any atom is 0.264 e. The van der Waals surface area contributed by atoms with E-state index in [9.17, 15) is 18.0 Å². The lowest BCUT2D eigenvalue weighted by atomic mass is 10.1. The van der Waals surface area contributed by atoms with Gasteiger partial charge >= 0.3 is 0 Å². The molecule has 0 aromatic heterocycles. The molecule has 0 spiro atoms. The third kappa shape index (κ3) is 6.44. The van der Waals surface area contributed by atoms with E-state index >= 15 is 0 Å². The van der Waals surface area contributed by atoms with Crippen LogP contribution < -0.4 is 19.1 Å². The highest BCUT2D eigenvalue weighted by Crippen LogP contribution is 2.33. The molecule has 1 atom stereocenters. The van der Waals surface area contributed by atoms with Crippen molar-refractivity contribution in [3.8, 4) is 11.5 Å². The fourth-order valence-electron chi connectivity index (χ4n) is 4.09. The molecule has 10 heteroatoms. The van der Waals surface area contributed by atoms with Gasteiger partial charge in [0, 0.05) is 13.6 Å². The molecule has 1 N–H and O–H groups in total. The Balaban J connectivity index is 2.09. The average Bonchev–Trinajstić information content (AvgIpc) is 2.95. The van der Waals surface area contributed by atoms with E-state index in [4.69, 9.17) is 9.47 Å². The molecule has 3 rings (SSSR count). The monoisotopic (exact) mass is 539 g/mol. The van der Waals surface area contributed by atoms with E-state index in [0.29, 0.717) is 12.2 Å². The number of methoxy groups -OCH3 is 2. The SMILES string of the molecule is CC[C@@H](C(=O)NC)N(Cc1ccccc1)C(=O)CN(c1ccccc1OC)S(=O)(=O)c1ccc(OC)cc1. The summed E-state index contributed by atoms with van der Waals surface area (Å²) in [6.45, 7) is 1.39. The molecule has 0 aliphatic rings. The van der Waals surface area contributed by atoms with Crippen molar-refractivity contribution in [1.29, 1.82) is 0 Å². The molecule has 202 valence electrons. The van der Waals surface area contributed by atoms with Gasteiger partial charge in [0.05, 0.1) is 24.8 Å². The van der Waals surface area contributed by atoms with Crippen LogP contribution >= 0.6 is 0 Å². The molecule has 38 heavy (non-hydrogen) atoms. The number of rotatable bonds is 12. The smallest absolute Gasteiger partial charge is 0.264 e. The summed E-state index contributed by atoms with van der Waals surface area (Å²) < 4.78 is 39.5. The Labute approximate surface area is 224 Å². The van der Waals surface area contributed by atoms with Gasteiger partial charge in [0.2, 0.25) is 11.8 Å². The van der Waals surface area contributed by atoms with E-state index < -0.39 is 28.5 Å². The Bertz CT molecular complexity index is 1330. The summed E-state index contributed by atoms with van der Waals surface area (Å²) in [5.41, 5.74) is 1.01. The van der Waals surface area contributed by atoms with E-state index in [0.717, 1.165) is 9.87 Å². The van der Waals surface area contributed by atoms with Gasteiger partial charge < -0.3 is 19.7 Å². The molecule has 0 heterocycles. The van der Waals surface area contributed by atoms with Gasteiger partial charge in [0.1, 0.15) is 24.1 Å². The minimum atomic E-state index is -4.22. The number of carbonyl (C=O) groups is 2. The predicted octanol–water partition coefficient (Wildman–Crippen LogP) is 3.45. The number of nitrogens with zero attached hydrogens (tertiary/aromatic N) is 2. The molecule has 9 nitrogen and oxygen atoms in total. The van der Waals surface area contributed by atoms with Gasteiger partial charge in [-0.05, 0) is 48.4 Å². The maximum absolute atomic E-state index is 13.9. The van der Waals surface area contributed by atoms with Gasteiger partial charge in [-0.3, -0.25) is 13.9 Å². The number of hydrogen-bond acceptors (Lipinski definition) is 6. The van der Waals surface area contributed by atoms with Crippen LogP contribution in [0.5, 0.6) is 11.5 Å². The van der Waals surface area contributed by atoms with Gasteiger partial charge in [-0.1, -0.05) is 49.4 Å². The Morgan fingerprint density at radius 1 is 0.895 bits per heavy atom. The van der Waals surface area contributed by atoms with Crippen molar-refractivity contribution in [1.82, 2.24) is 10.2 Å². The fraction of sp³-hybridized carbons (Fsp3) is 0.286. The quantitative estimate of drug-likeness (QED) is 0.378. The summed E-state index contributed by atoms with van der Waals surface area (Å²) in [6, 6.07) is 20.9. The average molecular weight is 540 g/mol. The number of carbonyl (C=O) groups excluding carboxylic acids is 2. The molecular formula is C28H33N3O6S. The number of ether oxygens (including phenoxy) is 2. The Morgan fingerprint density at radius 3 is 2.11 bits per heavy atom. The number of amides is 2. The molecular weight excluding hydrogens is 506 g/mol. The lowest BCUT2D eigenvalue weighted by Crippen LogP contribution is -2.51. The normalized spacial score (nSPS) is 11.8. The number of likely N-dealkylation sites (N-methyl/N-ethyl adjacent to an activating group) is 1. The first-order valence-electron chi connectivity index (χ1n) is 12.1. The van der Waals surface area contributed by atoms with Crippen molar-refractivity contribution < 1.29 is 27.5 Å². The van der Waals surface area contributed by atoms with Crippen LogP contribution in [0.25, 0.3) is 0 Å². The van der Waals surface area contributed by atoms with E-state index in [1.807, 2.05) is 30.3 Å². The molecule has 3 aromatic carbocycles. The van der Waals surface area contributed by atoms with E-state index in [1.165, 1.54) is 50.4 Å². The van der Waals surface area contributed by atoms with Crippen LogP contribution in [-0.4, -0.2) is 59.0 Å². The van der Waals surface area contributed by atoms with Gasteiger partial charge in [0.25, 0.3) is 10.0 Å². The Morgan fingerprint density at radius 2 is 1.53 bits per heavy atom. The third-order valence-corrected chi connectivity index (χ3v) is 7.88. The van der Waals surface area contributed by atoms with Gasteiger partial charge in [0.15, 0.2) is 0 Å². The van der Waals surface area contributed by atoms with Crippen molar-refractivity contribution in [3.63, 3.8) is 0 Å². The molecule has 0 radical (unpaired) electrons. The van der Waals surface area contributed by atoms with Crippen LogP contribution in [-0.2, 0) is 26.2 Å². The first-order valence-corrected chi connectivity index (χ1v) is 13.6. The van der Waals surface area contributed by atoms with E-state index in [2.05, 4.69) is 5.32 Å². The second-order valence-electron chi connectivity index (χ2n) is 8.40. The third-order valence-electron chi connectivity index (χ3n) is 6.11. The molecule has 0 saturated carbocycles. The molecule has 0 saturated heterocycles. The highest BCUT2D eigenvalue weighted by atomic mass is 32.2. The van der Waals surface area contributed by atoms with Crippen molar-refractivity contribution in [2.75, 3.05) is 32.1 Å². The summed E-state index contributed by atoms with van der Waals surface area (Å²) in [4.78, 5) is 28.0. The largest absolute Gasteiger partial charge is 0.497 e. The standard InChI is InChI=1S/C28H33N3O6S/c1-5-24(28(33)29-2)30(19-21-11-7-6-8-12-21)27(32)20-31(25-13-9-10-14-26(25)37-4)38(34,35)23-17-15-22(36-3)16-18-23/h6-18,24H,5,19-20H2,1-4H3,(H,29,33)/t24-/m0/s1. The summed E-state index contributed by atoms with van der Waals surface area (Å²) in [5, 5.41) is 2.61. The number of sulfonamides is 1. The molecule has 0 aliphatic carbocycles. The van der Waals surface area contributed by atoms with Crippen LogP contribution in [0.1, 0.15) is 18.9 Å². The fourth-order valence-corrected chi connectivity index (χ4v) is 5.51. The Kier molecular flexibility index (Phi) is 9.72. The molecule has 0 unspecified atom stereocenters. The van der Waals surface area contributed by atoms with Gasteiger partial charge in [-0.15, -0.1) is 0 Å². The second kappa shape index (κ2) is 13.0. The lowest BCUT2D eigenvalue weighted by Gasteiger charge is -2.33. The van der Waals surface area contributed by atoms with Crippen molar-refractivity contribution in [2.45, 2.75) is 30.8 Å². The summed E-state index contributed by atoms with van der Waals surface area (Å²) >= 11 is 0. The van der Waals surface area contributed by atoms with Crippen LogP contribution in [0.4, 0.5) is 5.69 Å². The summed E-state index contributed by atoms with van der Waals surface area (Å²) in [7, 11) is 0.201. The van der Waals surface area contributed by atoms with E-state index in [-0.39, 0.29) is 28.8 Å². The first-order chi connectivity index (χ1) is 18.3. The van der Waals surface area contributed by atoms with Crippen LogP contribution in [0.3, 0.4) is 0 Å². The minimum absolute atomic E-state index is 0.0232.